The van der Waals surface area contributed by atoms with Gasteiger partial charge in [0.25, 0.3) is 5.91 Å². The van der Waals surface area contributed by atoms with E-state index in [9.17, 15) is 9.59 Å². The van der Waals surface area contributed by atoms with Crippen molar-refractivity contribution in [2.75, 3.05) is 6.54 Å². The van der Waals surface area contributed by atoms with Gasteiger partial charge >= 0.3 is 0 Å². The molecule has 1 saturated heterocycles. The fourth-order valence-electron chi connectivity index (χ4n) is 1.61. The van der Waals surface area contributed by atoms with Crippen molar-refractivity contribution in [2.24, 2.45) is 5.84 Å². The van der Waals surface area contributed by atoms with E-state index < -0.39 is 5.91 Å². The molecular formula is C9H12N4O2S. The molecule has 6 nitrogen and oxygen atoms in total. The molecule has 2 rings (SSSR count). The quantitative estimate of drug-likeness (QED) is 0.437. The number of nitrogen functional groups attached to an aromatic ring is 1. The lowest BCUT2D eigenvalue weighted by molar-refractivity contribution is -0.128. The summed E-state index contributed by atoms with van der Waals surface area (Å²) in [6, 6.07) is 0. The van der Waals surface area contributed by atoms with Crippen molar-refractivity contribution < 1.29 is 9.59 Å². The molecule has 16 heavy (non-hydrogen) atoms. The van der Waals surface area contributed by atoms with E-state index in [0.29, 0.717) is 18.0 Å². The van der Waals surface area contributed by atoms with Gasteiger partial charge in [0.1, 0.15) is 0 Å². The van der Waals surface area contributed by atoms with Crippen LogP contribution in [0.1, 0.15) is 28.3 Å². The van der Waals surface area contributed by atoms with Crippen LogP contribution in [0.4, 0.5) is 0 Å². The van der Waals surface area contributed by atoms with Gasteiger partial charge in [0.2, 0.25) is 5.91 Å². The number of aromatic nitrogens is 1. The highest BCUT2D eigenvalue weighted by atomic mass is 32.1. The largest absolute Gasteiger partial charge is 0.337 e. The zero-order valence-electron chi connectivity index (χ0n) is 8.60. The fourth-order valence-corrected chi connectivity index (χ4v) is 2.32. The zero-order chi connectivity index (χ0) is 11.5. The van der Waals surface area contributed by atoms with Gasteiger partial charge in [-0.05, 0) is 6.42 Å². The number of carbonyl (C=O) groups is 2. The average Bonchev–Trinajstić information content (AvgIpc) is 2.89. The minimum atomic E-state index is -0.399. The molecule has 3 N–H and O–H groups in total. The van der Waals surface area contributed by atoms with E-state index in [2.05, 4.69) is 4.98 Å². The van der Waals surface area contributed by atoms with Crippen molar-refractivity contribution in [3.8, 4) is 0 Å². The highest BCUT2D eigenvalue weighted by molar-refractivity contribution is 7.11. The summed E-state index contributed by atoms with van der Waals surface area (Å²) in [6.07, 6.45) is 1.51. The maximum Gasteiger partial charge on any atom is 0.294 e. The molecule has 1 aliphatic heterocycles. The van der Waals surface area contributed by atoms with Gasteiger partial charge in [0.15, 0.2) is 5.01 Å². The molecule has 2 heterocycles. The number of amides is 2. The van der Waals surface area contributed by atoms with Crippen molar-refractivity contribution in [1.29, 1.82) is 0 Å². The standard InChI is InChI=1S/C9H12N4O2S/c10-12-8(15)9-11-6(5-16-9)4-13-3-1-2-7(13)14/h5H,1-4,10H2,(H,12,15). The molecule has 1 fully saturated rings. The first kappa shape index (κ1) is 11.0. The Morgan fingerprint density at radius 3 is 3.12 bits per heavy atom. The van der Waals surface area contributed by atoms with Gasteiger partial charge < -0.3 is 4.90 Å². The number of likely N-dealkylation sites (tertiary alicyclic amines) is 1. The molecule has 0 radical (unpaired) electrons. The van der Waals surface area contributed by atoms with E-state index in [1.54, 1.807) is 10.3 Å². The van der Waals surface area contributed by atoms with Crippen LogP contribution in [0.2, 0.25) is 0 Å². The maximum atomic E-state index is 11.4. The molecule has 0 aliphatic carbocycles. The third kappa shape index (κ3) is 2.20. The van der Waals surface area contributed by atoms with Gasteiger partial charge in [-0.3, -0.25) is 15.0 Å². The second-order valence-electron chi connectivity index (χ2n) is 3.54. The molecule has 0 aromatic carbocycles. The minimum Gasteiger partial charge on any atom is -0.337 e. The third-order valence-corrected chi connectivity index (χ3v) is 3.29. The summed E-state index contributed by atoms with van der Waals surface area (Å²) in [5.74, 6) is 4.75. The van der Waals surface area contributed by atoms with E-state index in [0.717, 1.165) is 18.7 Å². The van der Waals surface area contributed by atoms with Crippen molar-refractivity contribution in [3.05, 3.63) is 16.1 Å². The Balaban J connectivity index is 2.02. The first-order valence-electron chi connectivity index (χ1n) is 4.94. The van der Waals surface area contributed by atoms with Crippen LogP contribution in [0.3, 0.4) is 0 Å². The van der Waals surface area contributed by atoms with Crippen molar-refractivity contribution >= 4 is 23.2 Å². The molecule has 0 spiro atoms. The molecule has 1 aliphatic rings. The van der Waals surface area contributed by atoms with Crippen LogP contribution in [0.25, 0.3) is 0 Å². The maximum absolute atomic E-state index is 11.4. The van der Waals surface area contributed by atoms with Gasteiger partial charge in [-0.15, -0.1) is 11.3 Å². The summed E-state index contributed by atoms with van der Waals surface area (Å²) in [5.41, 5.74) is 2.76. The Hall–Kier alpha value is -1.47. The molecular weight excluding hydrogens is 228 g/mol. The second kappa shape index (κ2) is 4.58. The van der Waals surface area contributed by atoms with Crippen LogP contribution < -0.4 is 11.3 Å². The van der Waals surface area contributed by atoms with Crippen LogP contribution in [0.15, 0.2) is 5.38 Å². The number of rotatable bonds is 3. The SMILES string of the molecule is NNC(=O)c1nc(CN2CCCC2=O)cs1. The lowest BCUT2D eigenvalue weighted by Gasteiger charge is -2.12. The summed E-state index contributed by atoms with van der Waals surface area (Å²) in [5, 5.41) is 2.10. The fraction of sp³-hybridized carbons (Fsp3) is 0.444. The smallest absolute Gasteiger partial charge is 0.294 e. The number of hydrogen-bond donors (Lipinski definition) is 2. The Morgan fingerprint density at radius 2 is 2.50 bits per heavy atom. The number of nitrogens with two attached hydrogens (primary N) is 1. The molecule has 0 saturated carbocycles. The van der Waals surface area contributed by atoms with Crippen molar-refractivity contribution in [2.45, 2.75) is 19.4 Å². The van der Waals surface area contributed by atoms with Gasteiger partial charge in [0.05, 0.1) is 12.2 Å². The highest BCUT2D eigenvalue weighted by Gasteiger charge is 2.21. The van der Waals surface area contributed by atoms with Crippen LogP contribution in [0, 0.1) is 0 Å². The summed E-state index contributed by atoms with van der Waals surface area (Å²) < 4.78 is 0. The third-order valence-electron chi connectivity index (χ3n) is 2.40. The molecule has 1 aromatic heterocycles. The van der Waals surface area contributed by atoms with Crippen LogP contribution in [0.5, 0.6) is 0 Å². The van der Waals surface area contributed by atoms with E-state index in [-0.39, 0.29) is 5.91 Å². The Labute approximate surface area is 96.4 Å². The Bertz CT molecular complexity index is 417. The predicted octanol–water partition coefficient (Wildman–Crippen LogP) is -0.131. The summed E-state index contributed by atoms with van der Waals surface area (Å²) >= 11 is 1.23. The first-order chi connectivity index (χ1) is 7.70. The van der Waals surface area contributed by atoms with E-state index in [1.807, 2.05) is 5.43 Å². The Kier molecular flexibility index (Phi) is 3.16. The topological polar surface area (TPSA) is 88.3 Å². The Morgan fingerprint density at radius 1 is 1.69 bits per heavy atom. The van der Waals surface area contributed by atoms with Gasteiger partial charge in [-0.2, -0.15) is 0 Å². The molecule has 2 amide bonds. The second-order valence-corrected chi connectivity index (χ2v) is 4.39. The number of nitrogens with one attached hydrogen (secondary N) is 1. The van der Waals surface area contributed by atoms with E-state index in [4.69, 9.17) is 5.84 Å². The lowest BCUT2D eigenvalue weighted by Crippen LogP contribution is -2.30. The average molecular weight is 240 g/mol. The van der Waals surface area contributed by atoms with Gasteiger partial charge in [-0.25, -0.2) is 10.8 Å². The number of hydrazine groups is 1. The lowest BCUT2D eigenvalue weighted by atomic mass is 10.4. The normalized spacial score (nSPS) is 15.6. The molecule has 1 aromatic rings. The number of nitrogens with zero attached hydrogens (tertiary/aromatic N) is 2. The molecule has 7 heteroatoms. The van der Waals surface area contributed by atoms with Gasteiger partial charge in [-0.1, -0.05) is 0 Å². The van der Waals surface area contributed by atoms with Crippen LogP contribution in [-0.2, 0) is 11.3 Å². The van der Waals surface area contributed by atoms with Crippen LogP contribution in [-0.4, -0.2) is 28.2 Å². The van der Waals surface area contributed by atoms with Crippen molar-refractivity contribution in [1.82, 2.24) is 15.3 Å². The van der Waals surface area contributed by atoms with Gasteiger partial charge in [0, 0.05) is 18.3 Å². The van der Waals surface area contributed by atoms with E-state index >= 15 is 0 Å². The molecule has 0 atom stereocenters. The summed E-state index contributed by atoms with van der Waals surface area (Å²) in [4.78, 5) is 28.4. The van der Waals surface area contributed by atoms with Crippen LogP contribution >= 0.6 is 11.3 Å². The number of hydrogen-bond acceptors (Lipinski definition) is 5. The number of carbonyl (C=O) groups excluding carboxylic acids is 2. The number of thiazole rings is 1. The molecule has 0 unspecified atom stereocenters. The summed E-state index contributed by atoms with van der Waals surface area (Å²) in [6.45, 7) is 1.25. The zero-order valence-corrected chi connectivity index (χ0v) is 9.42. The predicted molar refractivity (Wildman–Crippen MR) is 58.4 cm³/mol. The minimum absolute atomic E-state index is 0.151. The highest BCUT2D eigenvalue weighted by Crippen LogP contribution is 2.16. The molecule has 0 bridgehead atoms. The molecule has 86 valence electrons. The first-order valence-corrected chi connectivity index (χ1v) is 5.82. The van der Waals surface area contributed by atoms with Crippen molar-refractivity contribution in [3.63, 3.8) is 0 Å². The van der Waals surface area contributed by atoms with E-state index in [1.165, 1.54) is 11.3 Å². The monoisotopic (exact) mass is 240 g/mol. The summed E-state index contributed by atoms with van der Waals surface area (Å²) in [7, 11) is 0.